The minimum Gasteiger partial charge on any atom is -0.268 e. The molecule has 18 heavy (non-hydrogen) atoms. The monoisotopic (exact) mass is 237 g/mol. The summed E-state index contributed by atoms with van der Waals surface area (Å²) in [4.78, 5) is 4.42. The lowest BCUT2D eigenvalue weighted by Crippen LogP contribution is -1.89. The summed E-state index contributed by atoms with van der Waals surface area (Å²) in [5, 5.41) is 5.42. The second-order valence-corrected chi connectivity index (χ2v) is 4.67. The van der Waals surface area contributed by atoms with Crippen LogP contribution in [0.2, 0.25) is 0 Å². The van der Waals surface area contributed by atoms with E-state index in [0.717, 1.165) is 22.2 Å². The maximum atomic E-state index is 4.42. The highest BCUT2D eigenvalue weighted by Crippen LogP contribution is 2.24. The fraction of sp³-hybridized carbons (Fsp3) is 0.200. The van der Waals surface area contributed by atoms with E-state index >= 15 is 0 Å². The third kappa shape index (κ3) is 1.68. The molecule has 3 heteroatoms. The number of hydrogen-bond donors (Lipinski definition) is 0. The van der Waals surface area contributed by atoms with Crippen LogP contribution in [-0.4, -0.2) is 14.8 Å². The number of nitrogens with zero attached hydrogens (tertiary/aromatic N) is 3. The SMILES string of the molecule is Cc1cc(-c2ccc3c(cnn3C)c2)cnc1C. The molecule has 0 N–H and O–H groups in total. The van der Waals surface area contributed by atoms with Gasteiger partial charge in [0.15, 0.2) is 0 Å². The van der Waals surface area contributed by atoms with Crippen LogP contribution in [0.15, 0.2) is 36.7 Å². The summed E-state index contributed by atoms with van der Waals surface area (Å²) in [5.74, 6) is 0. The molecule has 0 aliphatic heterocycles. The molecule has 1 aromatic carbocycles. The number of rotatable bonds is 1. The molecular formula is C15H15N3. The summed E-state index contributed by atoms with van der Waals surface area (Å²) in [6, 6.07) is 8.57. The topological polar surface area (TPSA) is 30.7 Å². The van der Waals surface area contributed by atoms with Gasteiger partial charge < -0.3 is 0 Å². The number of aromatic nitrogens is 3. The highest BCUT2D eigenvalue weighted by Gasteiger charge is 2.04. The third-order valence-corrected chi connectivity index (χ3v) is 3.42. The number of pyridine rings is 1. The number of benzene rings is 1. The molecule has 90 valence electrons. The zero-order chi connectivity index (χ0) is 12.7. The van der Waals surface area contributed by atoms with Crippen molar-refractivity contribution in [2.24, 2.45) is 7.05 Å². The van der Waals surface area contributed by atoms with Crippen molar-refractivity contribution < 1.29 is 0 Å². The fourth-order valence-corrected chi connectivity index (χ4v) is 2.14. The molecular weight excluding hydrogens is 222 g/mol. The van der Waals surface area contributed by atoms with E-state index in [1.54, 1.807) is 0 Å². The molecule has 0 amide bonds. The lowest BCUT2D eigenvalue weighted by Gasteiger charge is -2.05. The molecule has 0 bridgehead atoms. The summed E-state index contributed by atoms with van der Waals surface area (Å²) in [7, 11) is 1.96. The summed E-state index contributed by atoms with van der Waals surface area (Å²) in [5.41, 5.74) is 5.80. The summed E-state index contributed by atoms with van der Waals surface area (Å²) in [6.45, 7) is 4.12. The smallest absolute Gasteiger partial charge is 0.0679 e. The molecule has 0 aliphatic rings. The number of hydrogen-bond acceptors (Lipinski definition) is 2. The first-order valence-corrected chi connectivity index (χ1v) is 6.00. The van der Waals surface area contributed by atoms with Crippen LogP contribution in [0.5, 0.6) is 0 Å². The Hall–Kier alpha value is -2.16. The fourth-order valence-electron chi connectivity index (χ4n) is 2.14. The van der Waals surface area contributed by atoms with Crippen molar-refractivity contribution in [3.05, 3.63) is 47.9 Å². The van der Waals surface area contributed by atoms with Crippen LogP contribution in [0, 0.1) is 13.8 Å². The molecule has 0 fully saturated rings. The molecule has 2 heterocycles. The molecule has 0 unspecified atom stereocenters. The molecule has 3 nitrogen and oxygen atoms in total. The molecule has 3 aromatic rings. The van der Waals surface area contributed by atoms with Crippen molar-refractivity contribution in [3.8, 4) is 11.1 Å². The number of aryl methyl sites for hydroxylation is 3. The van der Waals surface area contributed by atoms with E-state index in [9.17, 15) is 0 Å². The average molecular weight is 237 g/mol. The number of fused-ring (bicyclic) bond motifs is 1. The van der Waals surface area contributed by atoms with E-state index in [2.05, 4.69) is 41.3 Å². The second-order valence-electron chi connectivity index (χ2n) is 4.67. The van der Waals surface area contributed by atoms with Gasteiger partial charge in [-0.05, 0) is 43.2 Å². The Morgan fingerprint density at radius 3 is 2.61 bits per heavy atom. The predicted molar refractivity (Wildman–Crippen MR) is 73.4 cm³/mol. The first-order valence-electron chi connectivity index (χ1n) is 6.00. The van der Waals surface area contributed by atoms with E-state index in [4.69, 9.17) is 0 Å². The second kappa shape index (κ2) is 3.95. The highest BCUT2D eigenvalue weighted by atomic mass is 15.2. The Kier molecular flexibility index (Phi) is 2.40. The standard InChI is InChI=1S/C15H15N3/c1-10-6-13(8-16-11(10)2)12-4-5-15-14(7-12)9-17-18(15)3/h4-9H,1-3H3. The normalized spacial score (nSPS) is 11.1. The molecule has 0 saturated carbocycles. The minimum atomic E-state index is 1.08. The lowest BCUT2D eigenvalue weighted by molar-refractivity contribution is 0.797. The predicted octanol–water partition coefficient (Wildman–Crippen LogP) is 3.25. The Bertz CT molecular complexity index is 726. The highest BCUT2D eigenvalue weighted by molar-refractivity contribution is 5.84. The third-order valence-electron chi connectivity index (χ3n) is 3.42. The molecule has 2 aromatic heterocycles. The Balaban J connectivity index is 2.16. The van der Waals surface area contributed by atoms with Gasteiger partial charge in [0.05, 0.1) is 11.7 Å². The van der Waals surface area contributed by atoms with Crippen LogP contribution in [0.3, 0.4) is 0 Å². The van der Waals surface area contributed by atoms with Crippen molar-refractivity contribution in [1.82, 2.24) is 14.8 Å². The van der Waals surface area contributed by atoms with Crippen LogP contribution >= 0.6 is 0 Å². The van der Waals surface area contributed by atoms with Crippen LogP contribution < -0.4 is 0 Å². The summed E-state index contributed by atoms with van der Waals surface area (Å²) >= 11 is 0. The zero-order valence-corrected chi connectivity index (χ0v) is 10.8. The van der Waals surface area contributed by atoms with Crippen molar-refractivity contribution in [2.45, 2.75) is 13.8 Å². The molecule has 0 saturated heterocycles. The van der Waals surface area contributed by atoms with E-state index in [1.165, 1.54) is 11.1 Å². The zero-order valence-electron chi connectivity index (χ0n) is 10.8. The summed E-state index contributed by atoms with van der Waals surface area (Å²) < 4.78 is 1.89. The van der Waals surface area contributed by atoms with Crippen molar-refractivity contribution in [3.63, 3.8) is 0 Å². The quantitative estimate of drug-likeness (QED) is 0.650. The summed E-state index contributed by atoms with van der Waals surface area (Å²) in [6.07, 6.45) is 3.83. The van der Waals surface area contributed by atoms with Crippen LogP contribution in [0.25, 0.3) is 22.0 Å². The van der Waals surface area contributed by atoms with Gasteiger partial charge in [-0.1, -0.05) is 6.07 Å². The molecule has 0 radical (unpaired) electrons. The Labute approximate surface area is 106 Å². The van der Waals surface area contributed by atoms with Crippen LogP contribution in [-0.2, 0) is 7.05 Å². The molecule has 0 atom stereocenters. The van der Waals surface area contributed by atoms with Gasteiger partial charge in [-0.15, -0.1) is 0 Å². The van der Waals surface area contributed by atoms with Crippen molar-refractivity contribution in [2.75, 3.05) is 0 Å². The van der Waals surface area contributed by atoms with Gasteiger partial charge in [-0.25, -0.2) is 0 Å². The molecule has 3 rings (SSSR count). The van der Waals surface area contributed by atoms with Gasteiger partial charge in [0, 0.05) is 29.9 Å². The average Bonchev–Trinajstić information content (AvgIpc) is 2.74. The maximum Gasteiger partial charge on any atom is 0.0679 e. The Morgan fingerprint density at radius 2 is 1.83 bits per heavy atom. The van der Waals surface area contributed by atoms with Gasteiger partial charge in [0.25, 0.3) is 0 Å². The van der Waals surface area contributed by atoms with Crippen molar-refractivity contribution in [1.29, 1.82) is 0 Å². The van der Waals surface area contributed by atoms with Gasteiger partial charge in [-0.3, -0.25) is 9.67 Å². The van der Waals surface area contributed by atoms with Gasteiger partial charge in [-0.2, -0.15) is 5.10 Å². The van der Waals surface area contributed by atoms with E-state index < -0.39 is 0 Å². The first-order chi connectivity index (χ1) is 8.65. The van der Waals surface area contributed by atoms with E-state index in [-0.39, 0.29) is 0 Å². The van der Waals surface area contributed by atoms with E-state index in [1.807, 2.05) is 31.0 Å². The lowest BCUT2D eigenvalue weighted by atomic mass is 10.0. The molecule has 0 spiro atoms. The van der Waals surface area contributed by atoms with Crippen molar-refractivity contribution >= 4 is 10.9 Å². The maximum absolute atomic E-state index is 4.42. The van der Waals surface area contributed by atoms with Crippen LogP contribution in [0.1, 0.15) is 11.3 Å². The Morgan fingerprint density at radius 1 is 1.00 bits per heavy atom. The van der Waals surface area contributed by atoms with Gasteiger partial charge in [0.2, 0.25) is 0 Å². The molecule has 0 aliphatic carbocycles. The van der Waals surface area contributed by atoms with Gasteiger partial charge in [0.1, 0.15) is 0 Å². The van der Waals surface area contributed by atoms with Crippen LogP contribution in [0.4, 0.5) is 0 Å². The minimum absolute atomic E-state index is 1.08. The first kappa shape index (κ1) is 11.0. The largest absolute Gasteiger partial charge is 0.268 e. The van der Waals surface area contributed by atoms with E-state index in [0.29, 0.717) is 0 Å². The van der Waals surface area contributed by atoms with Gasteiger partial charge >= 0.3 is 0 Å².